The van der Waals surface area contributed by atoms with Crippen molar-refractivity contribution in [2.75, 3.05) is 5.32 Å². The second kappa shape index (κ2) is 7.19. The van der Waals surface area contributed by atoms with Gasteiger partial charge in [-0.15, -0.1) is 0 Å². The molecule has 4 aromatic rings. The highest BCUT2D eigenvalue weighted by Crippen LogP contribution is 2.27. The van der Waals surface area contributed by atoms with E-state index in [0.29, 0.717) is 18.0 Å². The minimum Gasteiger partial charge on any atom is -0.508 e. The Labute approximate surface area is 167 Å². The van der Waals surface area contributed by atoms with E-state index in [-0.39, 0.29) is 10.6 Å². The summed E-state index contributed by atoms with van der Waals surface area (Å²) in [7, 11) is -3.71. The van der Waals surface area contributed by atoms with E-state index in [1.54, 1.807) is 30.6 Å². The molecule has 0 fully saturated rings. The number of nitrogens with one attached hydrogen (secondary N) is 1. The van der Waals surface area contributed by atoms with Gasteiger partial charge in [-0.3, -0.25) is 4.40 Å². The zero-order valence-corrected chi connectivity index (χ0v) is 16.4. The van der Waals surface area contributed by atoms with Gasteiger partial charge in [-0.1, -0.05) is 12.1 Å². The molecule has 0 radical (unpaired) electrons. The molecule has 2 heterocycles. The Balaban J connectivity index is 1.60. The minimum absolute atomic E-state index is 0.0727. The van der Waals surface area contributed by atoms with Gasteiger partial charge in [-0.25, -0.2) is 23.5 Å². The molecular formula is C20H19N5O3S. The number of sulfonamides is 1. The van der Waals surface area contributed by atoms with Crippen LogP contribution in [0, 0.1) is 6.92 Å². The monoisotopic (exact) mass is 409 g/mol. The van der Waals surface area contributed by atoms with Crippen molar-refractivity contribution in [3.05, 3.63) is 72.2 Å². The maximum Gasteiger partial charge on any atom is 0.238 e. The molecule has 9 heteroatoms. The number of rotatable bonds is 5. The molecule has 2 aromatic carbocycles. The molecule has 2 aromatic heterocycles. The van der Waals surface area contributed by atoms with Gasteiger partial charge in [0.05, 0.1) is 16.8 Å². The Morgan fingerprint density at radius 3 is 2.59 bits per heavy atom. The average Bonchev–Trinajstić information content (AvgIpc) is 3.13. The second-order valence-electron chi connectivity index (χ2n) is 6.66. The first-order valence-electron chi connectivity index (χ1n) is 8.80. The number of hydrogen-bond donors (Lipinski definition) is 3. The summed E-state index contributed by atoms with van der Waals surface area (Å²) in [5, 5.41) is 18.1. The molecule has 4 N–H and O–H groups in total. The van der Waals surface area contributed by atoms with Crippen LogP contribution in [0.2, 0.25) is 0 Å². The molecule has 0 spiro atoms. The first-order valence-corrected chi connectivity index (χ1v) is 10.4. The van der Waals surface area contributed by atoms with Gasteiger partial charge in [0.2, 0.25) is 10.0 Å². The zero-order chi connectivity index (χ0) is 20.6. The van der Waals surface area contributed by atoms with Crippen molar-refractivity contribution in [1.29, 1.82) is 0 Å². The van der Waals surface area contributed by atoms with Gasteiger partial charge in [-0.05, 0) is 48.4 Å². The predicted molar refractivity (Wildman–Crippen MR) is 110 cm³/mol. The number of phenols is 1. The van der Waals surface area contributed by atoms with Crippen LogP contribution >= 0.6 is 0 Å². The summed E-state index contributed by atoms with van der Waals surface area (Å²) in [4.78, 5) is 8.93. The summed E-state index contributed by atoms with van der Waals surface area (Å²) in [5.41, 5.74) is 4.14. The number of nitrogens with zero attached hydrogens (tertiary/aromatic N) is 3. The van der Waals surface area contributed by atoms with Gasteiger partial charge in [0, 0.05) is 24.5 Å². The lowest BCUT2D eigenvalue weighted by molar-refractivity contribution is 0.471. The van der Waals surface area contributed by atoms with Gasteiger partial charge in [0.1, 0.15) is 5.75 Å². The molecule has 0 amide bonds. The number of anilines is 1. The number of primary sulfonamides is 1. The minimum atomic E-state index is -3.71. The zero-order valence-electron chi connectivity index (χ0n) is 15.6. The summed E-state index contributed by atoms with van der Waals surface area (Å²) >= 11 is 0. The summed E-state index contributed by atoms with van der Waals surface area (Å²) < 4.78 is 24.6. The van der Waals surface area contributed by atoms with Crippen LogP contribution in [0.4, 0.5) is 5.82 Å². The fourth-order valence-corrected chi connectivity index (χ4v) is 3.57. The topological polar surface area (TPSA) is 123 Å². The lowest BCUT2D eigenvalue weighted by atomic mass is 10.1. The molecule has 29 heavy (non-hydrogen) atoms. The Bertz CT molecular complexity index is 1300. The summed E-state index contributed by atoms with van der Waals surface area (Å²) in [6, 6.07) is 11.7. The van der Waals surface area contributed by atoms with E-state index < -0.39 is 10.0 Å². The quantitative estimate of drug-likeness (QED) is 0.466. The summed E-state index contributed by atoms with van der Waals surface area (Å²) in [6.07, 6.45) is 5.26. The van der Waals surface area contributed by atoms with E-state index in [4.69, 9.17) is 5.14 Å². The number of fused-ring (bicyclic) bond motifs is 1. The van der Waals surface area contributed by atoms with Crippen LogP contribution in [0.15, 0.2) is 66.0 Å². The SMILES string of the molecule is Cc1cc(-c2cnc3c(NCc4ccc(S(N)(=O)=O)cc4)nccn23)ccc1O. The first kappa shape index (κ1) is 18.9. The van der Waals surface area contributed by atoms with Crippen molar-refractivity contribution in [2.24, 2.45) is 5.14 Å². The van der Waals surface area contributed by atoms with E-state index in [1.807, 2.05) is 29.7 Å². The van der Waals surface area contributed by atoms with E-state index in [2.05, 4.69) is 15.3 Å². The van der Waals surface area contributed by atoms with Gasteiger partial charge >= 0.3 is 0 Å². The lowest BCUT2D eigenvalue weighted by Crippen LogP contribution is -2.12. The standard InChI is InChI=1S/C20H19N5O3S/c1-13-10-15(4-7-18(13)26)17-12-24-20-19(22-8-9-25(17)20)23-11-14-2-5-16(6-3-14)29(21,27)28/h2-10,12,26H,11H2,1H3,(H,22,23)(H2,21,27,28). The molecule has 0 atom stereocenters. The van der Waals surface area contributed by atoms with E-state index in [1.165, 1.54) is 12.1 Å². The number of aryl methyl sites for hydroxylation is 1. The molecule has 0 bridgehead atoms. The highest BCUT2D eigenvalue weighted by Gasteiger charge is 2.12. The van der Waals surface area contributed by atoms with E-state index in [9.17, 15) is 13.5 Å². The molecular weight excluding hydrogens is 390 g/mol. The lowest BCUT2D eigenvalue weighted by Gasteiger charge is -2.09. The van der Waals surface area contributed by atoms with Crippen molar-refractivity contribution in [3.8, 4) is 17.0 Å². The van der Waals surface area contributed by atoms with Crippen LogP contribution in [-0.2, 0) is 16.6 Å². The van der Waals surface area contributed by atoms with Gasteiger partial charge in [0.15, 0.2) is 11.5 Å². The smallest absolute Gasteiger partial charge is 0.238 e. The Morgan fingerprint density at radius 2 is 1.90 bits per heavy atom. The Morgan fingerprint density at radius 1 is 1.14 bits per heavy atom. The third kappa shape index (κ3) is 3.78. The third-order valence-electron chi connectivity index (χ3n) is 4.63. The molecule has 148 valence electrons. The number of imidazole rings is 1. The predicted octanol–water partition coefficient (Wildman–Crippen LogP) is 2.67. The first-order chi connectivity index (χ1) is 13.8. The van der Waals surface area contributed by atoms with Gasteiger partial charge in [0.25, 0.3) is 0 Å². The van der Waals surface area contributed by atoms with Crippen molar-refractivity contribution in [3.63, 3.8) is 0 Å². The molecule has 4 rings (SSSR count). The Kier molecular flexibility index (Phi) is 4.69. The average molecular weight is 409 g/mol. The van der Waals surface area contributed by atoms with Crippen molar-refractivity contribution in [1.82, 2.24) is 14.4 Å². The second-order valence-corrected chi connectivity index (χ2v) is 8.22. The number of aromatic nitrogens is 3. The number of benzene rings is 2. The van der Waals surface area contributed by atoms with Crippen LogP contribution in [-0.4, -0.2) is 27.9 Å². The van der Waals surface area contributed by atoms with Crippen LogP contribution < -0.4 is 10.5 Å². The molecule has 0 saturated heterocycles. The molecule has 0 aliphatic carbocycles. The summed E-state index contributed by atoms with van der Waals surface area (Å²) in [5.74, 6) is 0.852. The normalized spacial score (nSPS) is 11.7. The number of hydrogen-bond acceptors (Lipinski definition) is 6. The highest BCUT2D eigenvalue weighted by molar-refractivity contribution is 7.89. The highest BCUT2D eigenvalue weighted by atomic mass is 32.2. The van der Waals surface area contributed by atoms with Crippen LogP contribution in [0.25, 0.3) is 16.9 Å². The fourth-order valence-electron chi connectivity index (χ4n) is 3.06. The van der Waals surface area contributed by atoms with Crippen LogP contribution in [0.1, 0.15) is 11.1 Å². The molecule has 0 saturated carbocycles. The van der Waals surface area contributed by atoms with Crippen LogP contribution in [0.3, 0.4) is 0 Å². The molecule has 0 aliphatic rings. The third-order valence-corrected chi connectivity index (χ3v) is 5.56. The van der Waals surface area contributed by atoms with Gasteiger partial charge in [-0.2, -0.15) is 0 Å². The number of nitrogens with two attached hydrogens (primary N) is 1. The maximum atomic E-state index is 11.4. The molecule has 0 aliphatic heterocycles. The van der Waals surface area contributed by atoms with Crippen molar-refractivity contribution in [2.45, 2.75) is 18.4 Å². The molecule has 0 unspecified atom stereocenters. The number of aromatic hydroxyl groups is 1. The van der Waals surface area contributed by atoms with E-state index in [0.717, 1.165) is 22.4 Å². The van der Waals surface area contributed by atoms with Crippen molar-refractivity contribution < 1.29 is 13.5 Å². The largest absolute Gasteiger partial charge is 0.508 e. The fraction of sp³-hybridized carbons (Fsp3) is 0.100. The van der Waals surface area contributed by atoms with E-state index >= 15 is 0 Å². The number of phenolic OH excluding ortho intramolecular Hbond substituents is 1. The van der Waals surface area contributed by atoms with Crippen LogP contribution in [0.5, 0.6) is 5.75 Å². The summed E-state index contributed by atoms with van der Waals surface area (Å²) in [6.45, 7) is 2.29. The Hall–Kier alpha value is -3.43. The van der Waals surface area contributed by atoms with Gasteiger partial charge < -0.3 is 10.4 Å². The van der Waals surface area contributed by atoms with Crippen molar-refractivity contribution >= 4 is 21.5 Å². The maximum absolute atomic E-state index is 11.4. The molecule has 8 nitrogen and oxygen atoms in total.